The van der Waals surface area contributed by atoms with Gasteiger partial charge in [0.25, 0.3) is 0 Å². The number of para-hydroxylation sites is 1. The molecule has 2 N–H and O–H groups in total. The average molecular weight is 360 g/mol. The van der Waals surface area contributed by atoms with Gasteiger partial charge in [0.15, 0.2) is 5.13 Å². The minimum atomic E-state index is -0.0768. The number of anilines is 2. The number of benzene rings is 1. The molecule has 0 unspecified atom stereocenters. The summed E-state index contributed by atoms with van der Waals surface area (Å²) >= 11 is 2.89. The Morgan fingerprint density at radius 2 is 2.08 bits per heavy atom. The van der Waals surface area contributed by atoms with Crippen molar-refractivity contribution >= 4 is 39.8 Å². The van der Waals surface area contributed by atoms with Gasteiger partial charge in [0.05, 0.1) is 11.4 Å². The molecule has 9 heteroatoms. The van der Waals surface area contributed by atoms with E-state index < -0.39 is 0 Å². The number of nitrogen functional groups attached to an aromatic ring is 1. The third-order valence-corrected chi connectivity index (χ3v) is 5.10. The highest BCUT2D eigenvalue weighted by atomic mass is 32.2. The van der Waals surface area contributed by atoms with Crippen molar-refractivity contribution in [3.8, 4) is 0 Å². The number of amides is 1. The molecule has 124 valence electrons. The van der Waals surface area contributed by atoms with Gasteiger partial charge in [-0.05, 0) is 19.1 Å². The predicted octanol–water partition coefficient (Wildman–Crippen LogP) is 2.73. The van der Waals surface area contributed by atoms with Gasteiger partial charge in [-0.2, -0.15) is 0 Å². The molecule has 0 fully saturated rings. The van der Waals surface area contributed by atoms with Crippen LogP contribution < -0.4 is 10.7 Å². The van der Waals surface area contributed by atoms with Gasteiger partial charge in [-0.1, -0.05) is 30.0 Å². The Bertz CT molecular complexity index is 845. The molecule has 0 atom stereocenters. The van der Waals surface area contributed by atoms with E-state index in [0.717, 1.165) is 11.4 Å². The van der Waals surface area contributed by atoms with Crippen LogP contribution in [0.15, 0.2) is 40.9 Å². The highest BCUT2D eigenvalue weighted by molar-refractivity contribution is 7.98. The lowest BCUT2D eigenvalue weighted by Gasteiger charge is -2.17. The monoisotopic (exact) mass is 360 g/mol. The van der Waals surface area contributed by atoms with Crippen LogP contribution in [0.4, 0.5) is 10.8 Å². The number of aromatic nitrogens is 4. The van der Waals surface area contributed by atoms with E-state index in [1.54, 1.807) is 11.8 Å². The van der Waals surface area contributed by atoms with Crippen LogP contribution in [0, 0.1) is 6.92 Å². The number of thioether (sulfide) groups is 1. The van der Waals surface area contributed by atoms with E-state index >= 15 is 0 Å². The lowest BCUT2D eigenvalue weighted by molar-refractivity contribution is -0.115. The van der Waals surface area contributed by atoms with Crippen molar-refractivity contribution in [1.29, 1.82) is 0 Å². The van der Waals surface area contributed by atoms with E-state index in [1.807, 2.05) is 35.7 Å². The molecule has 2 heterocycles. The Hall–Kier alpha value is -2.39. The Morgan fingerprint density at radius 1 is 1.33 bits per heavy atom. The normalized spacial score (nSPS) is 10.8. The zero-order valence-electron chi connectivity index (χ0n) is 13.2. The zero-order chi connectivity index (χ0) is 17.1. The Morgan fingerprint density at radius 3 is 2.71 bits per heavy atom. The Balaban J connectivity index is 1.76. The number of nitrogens with two attached hydrogens (primary N) is 1. The maximum Gasteiger partial charge on any atom is 0.230 e. The van der Waals surface area contributed by atoms with Crippen LogP contribution in [0.25, 0.3) is 0 Å². The van der Waals surface area contributed by atoms with Gasteiger partial charge < -0.3 is 5.84 Å². The summed E-state index contributed by atoms with van der Waals surface area (Å²) in [5.41, 5.74) is 1.67. The third kappa shape index (κ3) is 3.41. The molecule has 1 amide bonds. The third-order valence-electron chi connectivity index (χ3n) is 3.24. The van der Waals surface area contributed by atoms with Crippen LogP contribution >= 0.6 is 23.1 Å². The van der Waals surface area contributed by atoms with Crippen LogP contribution in [-0.4, -0.2) is 25.8 Å². The minimum absolute atomic E-state index is 0.0768. The van der Waals surface area contributed by atoms with Crippen LogP contribution in [-0.2, 0) is 10.5 Å². The summed E-state index contributed by atoms with van der Waals surface area (Å²) in [5, 5.41) is 11.1. The smallest absolute Gasteiger partial charge is 0.230 e. The number of hydrogen-bond donors (Lipinski definition) is 1. The second kappa shape index (κ2) is 7.02. The van der Waals surface area contributed by atoms with Crippen molar-refractivity contribution in [2.75, 3.05) is 10.7 Å². The lowest BCUT2D eigenvalue weighted by Crippen LogP contribution is -2.22. The topological polar surface area (TPSA) is 89.9 Å². The molecule has 2 aromatic heterocycles. The summed E-state index contributed by atoms with van der Waals surface area (Å²) < 4.78 is 1.45. The first-order chi connectivity index (χ1) is 11.6. The van der Waals surface area contributed by atoms with E-state index in [1.165, 1.54) is 34.7 Å². The second-order valence-corrected chi connectivity index (χ2v) is 6.78. The first-order valence-corrected chi connectivity index (χ1v) is 9.03. The SMILES string of the molecule is CC(=O)N(c1ccccc1)c1nc(CSc2nnc(C)n2N)cs1. The predicted molar refractivity (Wildman–Crippen MR) is 95.8 cm³/mol. The first-order valence-electron chi connectivity index (χ1n) is 7.16. The van der Waals surface area contributed by atoms with Gasteiger partial charge in [-0.3, -0.25) is 9.69 Å². The van der Waals surface area contributed by atoms with Gasteiger partial charge >= 0.3 is 0 Å². The quantitative estimate of drug-likeness (QED) is 0.556. The maximum absolute atomic E-state index is 12.0. The zero-order valence-corrected chi connectivity index (χ0v) is 14.8. The van der Waals surface area contributed by atoms with E-state index in [9.17, 15) is 4.79 Å². The second-order valence-electron chi connectivity index (χ2n) is 5.00. The van der Waals surface area contributed by atoms with E-state index in [2.05, 4.69) is 15.2 Å². The van der Waals surface area contributed by atoms with Gasteiger partial charge in [0, 0.05) is 18.1 Å². The summed E-state index contributed by atoms with van der Waals surface area (Å²) in [7, 11) is 0. The maximum atomic E-state index is 12.0. The molecule has 24 heavy (non-hydrogen) atoms. The van der Waals surface area contributed by atoms with Crippen LogP contribution in [0.2, 0.25) is 0 Å². The molecular weight excluding hydrogens is 344 g/mol. The fraction of sp³-hybridized carbons (Fsp3) is 0.200. The molecular formula is C15H16N6OS2. The Labute approximate surface area is 147 Å². The molecule has 3 rings (SSSR count). The van der Waals surface area contributed by atoms with E-state index in [-0.39, 0.29) is 5.91 Å². The van der Waals surface area contributed by atoms with Crippen molar-refractivity contribution in [2.24, 2.45) is 0 Å². The highest BCUT2D eigenvalue weighted by Gasteiger charge is 2.18. The fourth-order valence-corrected chi connectivity index (χ4v) is 3.84. The molecule has 0 aliphatic carbocycles. The van der Waals surface area contributed by atoms with Crippen molar-refractivity contribution in [3.63, 3.8) is 0 Å². The molecule has 3 aromatic rings. The van der Waals surface area contributed by atoms with Crippen LogP contribution in [0.1, 0.15) is 18.4 Å². The largest absolute Gasteiger partial charge is 0.336 e. The number of carbonyl (C=O) groups excluding carboxylic acids is 1. The molecule has 0 spiro atoms. The molecule has 0 saturated heterocycles. The molecule has 0 aliphatic heterocycles. The minimum Gasteiger partial charge on any atom is -0.336 e. The molecule has 1 aromatic carbocycles. The summed E-state index contributed by atoms with van der Waals surface area (Å²) in [6, 6.07) is 9.47. The summed E-state index contributed by atoms with van der Waals surface area (Å²) in [5.74, 6) is 7.02. The standard InChI is InChI=1S/C15H16N6OS2/c1-10-18-19-15(21(10)16)24-9-12-8-23-14(17-12)20(11(2)22)13-6-4-3-5-7-13/h3-8H,9,16H2,1-2H3. The van der Waals surface area contributed by atoms with E-state index in [0.29, 0.717) is 21.9 Å². The van der Waals surface area contributed by atoms with Gasteiger partial charge in [0.2, 0.25) is 11.1 Å². The molecule has 0 aliphatic rings. The van der Waals surface area contributed by atoms with Gasteiger partial charge in [-0.25, -0.2) is 9.66 Å². The first kappa shape index (κ1) is 16.5. The number of aryl methyl sites for hydroxylation is 1. The average Bonchev–Trinajstić information content (AvgIpc) is 3.15. The van der Waals surface area contributed by atoms with Gasteiger partial charge in [-0.15, -0.1) is 21.5 Å². The fourth-order valence-electron chi connectivity index (χ4n) is 2.06. The molecule has 0 bridgehead atoms. The van der Waals surface area contributed by atoms with Crippen LogP contribution in [0.5, 0.6) is 0 Å². The summed E-state index contributed by atoms with van der Waals surface area (Å²) in [6.07, 6.45) is 0. The Kier molecular flexibility index (Phi) is 4.81. The number of hydrogen-bond acceptors (Lipinski definition) is 7. The van der Waals surface area contributed by atoms with E-state index in [4.69, 9.17) is 5.84 Å². The highest BCUT2D eigenvalue weighted by Crippen LogP contribution is 2.30. The molecule has 0 radical (unpaired) electrons. The summed E-state index contributed by atoms with van der Waals surface area (Å²) in [4.78, 5) is 18.2. The molecule has 7 nitrogen and oxygen atoms in total. The number of nitrogens with zero attached hydrogens (tertiary/aromatic N) is 5. The van der Waals surface area contributed by atoms with Crippen LogP contribution in [0.3, 0.4) is 0 Å². The molecule has 0 saturated carbocycles. The number of rotatable bonds is 5. The van der Waals surface area contributed by atoms with Crippen molar-refractivity contribution < 1.29 is 4.79 Å². The van der Waals surface area contributed by atoms with Crippen molar-refractivity contribution in [2.45, 2.75) is 24.8 Å². The number of carbonyl (C=O) groups is 1. The van der Waals surface area contributed by atoms with Crippen molar-refractivity contribution in [1.82, 2.24) is 19.9 Å². The summed E-state index contributed by atoms with van der Waals surface area (Å²) in [6.45, 7) is 3.32. The number of thiazole rings is 1. The lowest BCUT2D eigenvalue weighted by atomic mass is 10.3. The van der Waals surface area contributed by atoms with Gasteiger partial charge in [0.1, 0.15) is 5.82 Å². The van der Waals surface area contributed by atoms with Crippen molar-refractivity contribution in [3.05, 3.63) is 47.2 Å².